The van der Waals surface area contributed by atoms with E-state index in [1.165, 1.54) is 0 Å². The Kier molecular flexibility index (Phi) is 5.78. The molecule has 1 N–H and O–H groups in total. The van der Waals surface area contributed by atoms with Crippen molar-refractivity contribution in [2.45, 2.75) is 63.9 Å². The summed E-state index contributed by atoms with van der Waals surface area (Å²) in [6.07, 6.45) is 1.76. The zero-order chi connectivity index (χ0) is 18.1. The first kappa shape index (κ1) is 19.0. The smallest absolute Gasteiger partial charge is 0.237 e. The summed E-state index contributed by atoms with van der Waals surface area (Å²) in [6, 6.07) is 0.0685. The van der Waals surface area contributed by atoms with Gasteiger partial charge in [-0.1, -0.05) is 0 Å². The molecular formula is C17H28ClN3O3. The van der Waals surface area contributed by atoms with Crippen LogP contribution in [-0.2, 0) is 14.4 Å². The van der Waals surface area contributed by atoms with Gasteiger partial charge in [0.2, 0.25) is 17.7 Å². The quantitative estimate of drug-likeness (QED) is 0.775. The van der Waals surface area contributed by atoms with E-state index in [2.05, 4.69) is 5.32 Å². The van der Waals surface area contributed by atoms with Gasteiger partial charge in [-0.05, 0) is 40.5 Å². The van der Waals surface area contributed by atoms with Crippen LogP contribution in [0.15, 0.2) is 0 Å². The van der Waals surface area contributed by atoms with Crippen LogP contribution in [0.4, 0.5) is 0 Å². The monoisotopic (exact) mass is 357 g/mol. The molecule has 0 aromatic rings. The normalized spacial score (nSPS) is 24.2. The minimum atomic E-state index is -0.544. The highest BCUT2D eigenvalue weighted by molar-refractivity contribution is 6.30. The molecule has 136 valence electrons. The number of carbonyl (C=O) groups is 3. The van der Waals surface area contributed by atoms with Crippen molar-refractivity contribution in [3.05, 3.63) is 0 Å². The molecule has 2 aliphatic heterocycles. The molecule has 0 aromatic carbocycles. The van der Waals surface area contributed by atoms with E-state index in [-0.39, 0.29) is 35.2 Å². The van der Waals surface area contributed by atoms with Gasteiger partial charge in [0.05, 0.1) is 5.92 Å². The Bertz CT molecular complexity index is 508. The minimum absolute atomic E-state index is 0.0547. The zero-order valence-electron chi connectivity index (χ0n) is 15.0. The largest absolute Gasteiger partial charge is 0.352 e. The summed E-state index contributed by atoms with van der Waals surface area (Å²) in [5, 5.41) is 2.37. The molecule has 0 bridgehead atoms. The lowest BCUT2D eigenvalue weighted by atomic mass is 10.0. The highest BCUT2D eigenvalue weighted by Crippen LogP contribution is 2.27. The molecule has 2 heterocycles. The first-order valence-corrected chi connectivity index (χ1v) is 9.07. The molecule has 24 heavy (non-hydrogen) atoms. The van der Waals surface area contributed by atoms with E-state index in [1.807, 2.05) is 25.7 Å². The molecule has 2 atom stereocenters. The lowest BCUT2D eigenvalue weighted by Gasteiger charge is -2.35. The molecular weight excluding hydrogens is 330 g/mol. The molecule has 3 amide bonds. The fraction of sp³-hybridized carbons (Fsp3) is 0.824. The Hall–Kier alpha value is -1.30. The Labute approximate surface area is 148 Å². The predicted molar refractivity (Wildman–Crippen MR) is 92.6 cm³/mol. The van der Waals surface area contributed by atoms with Crippen LogP contribution in [0.5, 0.6) is 0 Å². The van der Waals surface area contributed by atoms with E-state index in [9.17, 15) is 14.4 Å². The summed E-state index contributed by atoms with van der Waals surface area (Å²) in [5.74, 6) is -0.293. The van der Waals surface area contributed by atoms with Crippen molar-refractivity contribution in [3.8, 4) is 0 Å². The summed E-state index contributed by atoms with van der Waals surface area (Å²) in [6.45, 7) is 9.34. The number of carbonyl (C=O) groups excluding carboxylic acids is 3. The predicted octanol–water partition coefficient (Wildman–Crippen LogP) is 1.37. The number of nitrogens with one attached hydrogen (secondary N) is 1. The van der Waals surface area contributed by atoms with Crippen molar-refractivity contribution >= 4 is 29.3 Å². The first-order valence-electron chi connectivity index (χ1n) is 8.63. The van der Waals surface area contributed by atoms with E-state index in [4.69, 9.17) is 11.6 Å². The summed E-state index contributed by atoms with van der Waals surface area (Å²) in [7, 11) is 0. The second-order valence-corrected chi connectivity index (χ2v) is 8.46. The first-order chi connectivity index (χ1) is 11.1. The third-order valence-corrected chi connectivity index (χ3v) is 5.00. The molecule has 7 heteroatoms. The third-order valence-electron chi connectivity index (χ3n) is 4.80. The second-order valence-electron chi connectivity index (χ2n) is 7.80. The Morgan fingerprint density at radius 2 is 1.83 bits per heavy atom. The molecule has 0 aliphatic carbocycles. The number of alkyl halides is 1. The van der Waals surface area contributed by atoms with Crippen LogP contribution < -0.4 is 5.32 Å². The Balaban J connectivity index is 1.85. The third kappa shape index (κ3) is 4.41. The van der Waals surface area contributed by atoms with Gasteiger partial charge < -0.3 is 15.1 Å². The van der Waals surface area contributed by atoms with Crippen LogP contribution in [0, 0.1) is 5.92 Å². The van der Waals surface area contributed by atoms with Crippen molar-refractivity contribution in [2.75, 3.05) is 19.6 Å². The lowest BCUT2D eigenvalue weighted by Crippen LogP contribution is -2.49. The molecule has 0 aromatic heterocycles. The molecule has 0 spiro atoms. The maximum absolute atomic E-state index is 12.7. The number of piperidine rings is 1. The Morgan fingerprint density at radius 1 is 1.25 bits per heavy atom. The molecule has 2 saturated heterocycles. The van der Waals surface area contributed by atoms with Crippen molar-refractivity contribution in [2.24, 2.45) is 5.92 Å². The highest BCUT2D eigenvalue weighted by Gasteiger charge is 2.41. The SMILES string of the molecule is CC(Cl)C(=O)NC1CCN(C(=O)C2CC(=O)N(C(C)(C)C)C2)CC1. The number of rotatable bonds is 3. The van der Waals surface area contributed by atoms with Crippen molar-refractivity contribution < 1.29 is 14.4 Å². The van der Waals surface area contributed by atoms with E-state index >= 15 is 0 Å². The maximum Gasteiger partial charge on any atom is 0.237 e. The van der Waals surface area contributed by atoms with Gasteiger partial charge in [-0.2, -0.15) is 0 Å². The average molecular weight is 358 g/mol. The van der Waals surface area contributed by atoms with E-state index in [0.717, 1.165) is 12.8 Å². The van der Waals surface area contributed by atoms with Crippen molar-refractivity contribution in [1.82, 2.24) is 15.1 Å². The number of hydrogen-bond donors (Lipinski definition) is 1. The lowest BCUT2D eigenvalue weighted by molar-refractivity contribution is -0.137. The van der Waals surface area contributed by atoms with E-state index in [0.29, 0.717) is 26.1 Å². The number of nitrogens with zero attached hydrogens (tertiary/aromatic N) is 2. The van der Waals surface area contributed by atoms with Crippen LogP contribution in [0.25, 0.3) is 0 Å². The van der Waals surface area contributed by atoms with Gasteiger partial charge in [0.25, 0.3) is 0 Å². The Morgan fingerprint density at radius 3 is 2.29 bits per heavy atom. The van der Waals surface area contributed by atoms with Crippen LogP contribution in [0.1, 0.15) is 47.0 Å². The highest BCUT2D eigenvalue weighted by atomic mass is 35.5. The number of amides is 3. The summed E-state index contributed by atoms with van der Waals surface area (Å²) >= 11 is 5.76. The number of likely N-dealkylation sites (tertiary alicyclic amines) is 2. The summed E-state index contributed by atoms with van der Waals surface area (Å²) < 4.78 is 0. The number of hydrogen-bond acceptors (Lipinski definition) is 3. The molecule has 2 aliphatic rings. The summed E-state index contributed by atoms with van der Waals surface area (Å²) in [5.41, 5.74) is -0.248. The summed E-state index contributed by atoms with van der Waals surface area (Å²) in [4.78, 5) is 40.1. The van der Waals surface area contributed by atoms with Gasteiger partial charge in [0.1, 0.15) is 5.38 Å². The second kappa shape index (κ2) is 7.30. The topological polar surface area (TPSA) is 69.7 Å². The molecule has 2 fully saturated rings. The fourth-order valence-electron chi connectivity index (χ4n) is 3.34. The standard InChI is InChI=1S/C17H28ClN3O3/c1-11(18)15(23)19-13-5-7-20(8-6-13)16(24)12-9-14(22)21(10-12)17(2,3)4/h11-13H,5-10H2,1-4H3,(H,19,23). The van der Waals surface area contributed by atoms with Crippen LogP contribution in [-0.4, -0.2) is 64.1 Å². The molecule has 2 unspecified atom stereocenters. The van der Waals surface area contributed by atoms with Gasteiger partial charge in [-0.15, -0.1) is 11.6 Å². The van der Waals surface area contributed by atoms with Crippen molar-refractivity contribution in [1.29, 1.82) is 0 Å². The van der Waals surface area contributed by atoms with Gasteiger partial charge in [0.15, 0.2) is 0 Å². The fourth-order valence-corrected chi connectivity index (χ4v) is 3.40. The van der Waals surface area contributed by atoms with Gasteiger partial charge in [-0.3, -0.25) is 14.4 Å². The average Bonchev–Trinajstić information content (AvgIpc) is 2.89. The minimum Gasteiger partial charge on any atom is -0.352 e. The van der Waals surface area contributed by atoms with Gasteiger partial charge in [-0.25, -0.2) is 0 Å². The number of halogens is 1. The zero-order valence-corrected chi connectivity index (χ0v) is 15.7. The molecule has 0 radical (unpaired) electrons. The molecule has 6 nitrogen and oxygen atoms in total. The van der Waals surface area contributed by atoms with Gasteiger partial charge >= 0.3 is 0 Å². The van der Waals surface area contributed by atoms with E-state index < -0.39 is 5.38 Å². The van der Waals surface area contributed by atoms with Crippen molar-refractivity contribution in [3.63, 3.8) is 0 Å². The van der Waals surface area contributed by atoms with Gasteiger partial charge in [0, 0.05) is 37.6 Å². The van der Waals surface area contributed by atoms with Crippen LogP contribution >= 0.6 is 11.6 Å². The maximum atomic E-state index is 12.7. The molecule has 2 rings (SSSR count). The van der Waals surface area contributed by atoms with Crippen LogP contribution in [0.2, 0.25) is 0 Å². The molecule has 0 saturated carbocycles. The van der Waals surface area contributed by atoms with Crippen LogP contribution in [0.3, 0.4) is 0 Å². The van der Waals surface area contributed by atoms with E-state index in [1.54, 1.807) is 11.8 Å².